The molecule has 4 aromatic rings. The zero-order valence-corrected chi connectivity index (χ0v) is 17.7. The van der Waals surface area contributed by atoms with E-state index in [0.717, 1.165) is 23.1 Å². The van der Waals surface area contributed by atoms with Crippen LogP contribution >= 0.6 is 0 Å². The molecule has 2 heterocycles. The van der Waals surface area contributed by atoms with E-state index in [9.17, 15) is 9.59 Å². The number of hydrogen-bond donors (Lipinski definition) is 4. The SMILES string of the molecule is CCn1ccc2c(Nc3nc(Nc4cccc(NC(C)=O)c4)ncc3C(N)=O)cccc21. The van der Waals surface area contributed by atoms with E-state index in [-0.39, 0.29) is 17.4 Å². The van der Waals surface area contributed by atoms with Crippen molar-refractivity contribution >= 4 is 51.5 Å². The number of aryl methyl sites for hydroxylation is 1. The molecule has 0 saturated carbocycles. The first-order chi connectivity index (χ1) is 15.4. The van der Waals surface area contributed by atoms with Gasteiger partial charge in [0.2, 0.25) is 11.9 Å². The maximum Gasteiger partial charge on any atom is 0.254 e. The Morgan fingerprint density at radius 2 is 1.84 bits per heavy atom. The summed E-state index contributed by atoms with van der Waals surface area (Å²) >= 11 is 0. The summed E-state index contributed by atoms with van der Waals surface area (Å²) in [7, 11) is 0. The van der Waals surface area contributed by atoms with Crippen LogP contribution in [0.3, 0.4) is 0 Å². The number of benzene rings is 2. The molecular weight excluding hydrogens is 406 g/mol. The van der Waals surface area contributed by atoms with Gasteiger partial charge >= 0.3 is 0 Å². The molecule has 9 nitrogen and oxygen atoms in total. The number of hydrogen-bond acceptors (Lipinski definition) is 6. The highest BCUT2D eigenvalue weighted by Crippen LogP contribution is 2.29. The number of anilines is 5. The highest BCUT2D eigenvalue weighted by Gasteiger charge is 2.14. The van der Waals surface area contributed by atoms with Crippen LogP contribution in [0.1, 0.15) is 24.2 Å². The van der Waals surface area contributed by atoms with Gasteiger partial charge < -0.3 is 26.3 Å². The third-order valence-electron chi connectivity index (χ3n) is 4.90. The van der Waals surface area contributed by atoms with E-state index in [1.807, 2.05) is 36.5 Å². The van der Waals surface area contributed by atoms with Crippen LogP contribution in [0.2, 0.25) is 0 Å². The van der Waals surface area contributed by atoms with E-state index in [1.165, 1.54) is 13.1 Å². The third kappa shape index (κ3) is 4.36. The number of nitrogens with one attached hydrogen (secondary N) is 3. The van der Waals surface area contributed by atoms with E-state index < -0.39 is 5.91 Å². The molecule has 0 aliphatic heterocycles. The minimum Gasteiger partial charge on any atom is -0.365 e. The summed E-state index contributed by atoms with van der Waals surface area (Å²) in [6.45, 7) is 4.37. The number of carbonyl (C=O) groups excluding carboxylic acids is 2. The minimum atomic E-state index is -0.634. The number of carbonyl (C=O) groups is 2. The quantitative estimate of drug-likeness (QED) is 0.352. The Morgan fingerprint density at radius 1 is 1.06 bits per heavy atom. The van der Waals surface area contributed by atoms with Crippen molar-refractivity contribution in [3.63, 3.8) is 0 Å². The molecule has 0 bridgehead atoms. The van der Waals surface area contributed by atoms with Gasteiger partial charge in [-0.1, -0.05) is 12.1 Å². The normalized spacial score (nSPS) is 10.7. The van der Waals surface area contributed by atoms with Crippen LogP contribution in [0.15, 0.2) is 60.9 Å². The Hall–Kier alpha value is -4.40. The van der Waals surface area contributed by atoms with Gasteiger partial charge in [-0.15, -0.1) is 0 Å². The van der Waals surface area contributed by atoms with E-state index in [4.69, 9.17) is 5.73 Å². The summed E-state index contributed by atoms with van der Waals surface area (Å²) in [4.78, 5) is 32.0. The lowest BCUT2D eigenvalue weighted by Gasteiger charge is -2.13. The molecule has 0 radical (unpaired) electrons. The lowest BCUT2D eigenvalue weighted by atomic mass is 10.2. The number of nitrogens with two attached hydrogens (primary N) is 1. The van der Waals surface area contributed by atoms with Gasteiger partial charge in [0.25, 0.3) is 5.91 Å². The van der Waals surface area contributed by atoms with Crippen LogP contribution in [-0.2, 0) is 11.3 Å². The maximum absolute atomic E-state index is 12.0. The van der Waals surface area contributed by atoms with Gasteiger partial charge in [0.1, 0.15) is 11.4 Å². The second-order valence-electron chi connectivity index (χ2n) is 7.17. The molecular formula is C23H23N7O2. The first-order valence-electron chi connectivity index (χ1n) is 10.1. The summed E-state index contributed by atoms with van der Waals surface area (Å²) in [6, 6.07) is 15.1. The Balaban J connectivity index is 1.67. The van der Waals surface area contributed by atoms with Gasteiger partial charge in [-0.25, -0.2) is 4.98 Å². The van der Waals surface area contributed by atoms with E-state index in [2.05, 4.69) is 37.4 Å². The fraction of sp³-hybridized carbons (Fsp3) is 0.130. The number of nitrogens with zero attached hydrogens (tertiary/aromatic N) is 3. The molecule has 0 saturated heterocycles. The summed E-state index contributed by atoms with van der Waals surface area (Å²) in [6.07, 6.45) is 3.40. The average Bonchev–Trinajstić information content (AvgIpc) is 3.18. The molecule has 162 valence electrons. The van der Waals surface area contributed by atoms with Crippen molar-refractivity contribution in [2.45, 2.75) is 20.4 Å². The highest BCUT2D eigenvalue weighted by atomic mass is 16.1. The lowest BCUT2D eigenvalue weighted by Crippen LogP contribution is -2.15. The predicted molar refractivity (Wildman–Crippen MR) is 125 cm³/mol. The first kappa shape index (κ1) is 20.9. The number of fused-ring (bicyclic) bond motifs is 1. The molecule has 0 fully saturated rings. The van der Waals surface area contributed by atoms with Crippen molar-refractivity contribution in [1.82, 2.24) is 14.5 Å². The van der Waals surface area contributed by atoms with Gasteiger partial charge in [0.15, 0.2) is 0 Å². The second-order valence-corrected chi connectivity index (χ2v) is 7.17. The van der Waals surface area contributed by atoms with E-state index >= 15 is 0 Å². The summed E-state index contributed by atoms with van der Waals surface area (Å²) in [5, 5.41) is 10.1. The molecule has 0 spiro atoms. The Bertz CT molecular complexity index is 1310. The predicted octanol–water partition coefficient (Wildman–Crippen LogP) is 4.00. The number of amides is 2. The molecule has 9 heteroatoms. The number of aromatic nitrogens is 3. The maximum atomic E-state index is 12.0. The molecule has 5 N–H and O–H groups in total. The largest absolute Gasteiger partial charge is 0.365 e. The summed E-state index contributed by atoms with van der Waals surface area (Å²) in [5.41, 5.74) is 8.91. The molecule has 2 amide bonds. The van der Waals surface area contributed by atoms with Gasteiger partial charge in [0.05, 0.1) is 5.52 Å². The average molecular weight is 429 g/mol. The van der Waals surface area contributed by atoms with Crippen LogP contribution in [0.5, 0.6) is 0 Å². The summed E-state index contributed by atoms with van der Waals surface area (Å²) in [5.74, 6) is -0.229. The molecule has 2 aromatic carbocycles. The smallest absolute Gasteiger partial charge is 0.254 e. The molecule has 0 aliphatic carbocycles. The Morgan fingerprint density at radius 3 is 2.59 bits per heavy atom. The molecule has 0 unspecified atom stereocenters. The topological polar surface area (TPSA) is 127 Å². The molecule has 0 aliphatic rings. The fourth-order valence-corrected chi connectivity index (χ4v) is 3.46. The van der Waals surface area contributed by atoms with Crippen molar-refractivity contribution in [2.24, 2.45) is 5.73 Å². The van der Waals surface area contributed by atoms with Crippen molar-refractivity contribution < 1.29 is 9.59 Å². The minimum absolute atomic E-state index is 0.165. The van der Waals surface area contributed by atoms with Gasteiger partial charge in [-0.3, -0.25) is 9.59 Å². The van der Waals surface area contributed by atoms with E-state index in [1.54, 1.807) is 18.2 Å². The van der Waals surface area contributed by atoms with Crippen LogP contribution < -0.4 is 21.7 Å². The zero-order chi connectivity index (χ0) is 22.7. The van der Waals surface area contributed by atoms with Gasteiger partial charge in [-0.2, -0.15) is 4.98 Å². The molecule has 32 heavy (non-hydrogen) atoms. The van der Waals surface area contributed by atoms with Gasteiger partial charge in [-0.05, 0) is 43.3 Å². The Labute approximate surface area is 184 Å². The third-order valence-corrected chi connectivity index (χ3v) is 4.90. The monoisotopic (exact) mass is 429 g/mol. The van der Waals surface area contributed by atoms with Crippen LogP contribution in [-0.4, -0.2) is 26.3 Å². The van der Waals surface area contributed by atoms with Crippen molar-refractivity contribution in [1.29, 1.82) is 0 Å². The number of primary amides is 1. The van der Waals surface area contributed by atoms with Crippen LogP contribution in [0, 0.1) is 0 Å². The Kier molecular flexibility index (Phi) is 5.71. The van der Waals surface area contributed by atoms with Crippen LogP contribution in [0.25, 0.3) is 10.9 Å². The molecule has 4 rings (SSSR count). The standard InChI is InChI=1S/C23H23N7O2/c1-3-30-11-10-17-19(8-5-9-20(17)30)28-22-18(21(24)32)13-25-23(29-22)27-16-7-4-6-15(12-16)26-14(2)31/h4-13H,3H2,1-2H3,(H2,24,32)(H,26,31)(H2,25,27,28,29). The molecule has 0 atom stereocenters. The highest BCUT2D eigenvalue weighted by molar-refractivity contribution is 6.00. The fourth-order valence-electron chi connectivity index (χ4n) is 3.46. The van der Waals surface area contributed by atoms with Crippen molar-refractivity contribution in [3.05, 3.63) is 66.5 Å². The van der Waals surface area contributed by atoms with E-state index in [0.29, 0.717) is 17.2 Å². The van der Waals surface area contributed by atoms with Crippen molar-refractivity contribution in [2.75, 3.05) is 16.0 Å². The first-order valence-corrected chi connectivity index (χ1v) is 10.1. The van der Waals surface area contributed by atoms with Crippen molar-refractivity contribution in [3.8, 4) is 0 Å². The van der Waals surface area contributed by atoms with Gasteiger partial charge in [0, 0.05) is 48.3 Å². The summed E-state index contributed by atoms with van der Waals surface area (Å²) < 4.78 is 2.13. The number of rotatable bonds is 7. The van der Waals surface area contributed by atoms with Crippen LogP contribution in [0.4, 0.5) is 28.8 Å². The second kappa shape index (κ2) is 8.76. The zero-order valence-electron chi connectivity index (χ0n) is 17.7. The molecule has 2 aromatic heterocycles. The lowest BCUT2D eigenvalue weighted by molar-refractivity contribution is -0.114.